The Kier molecular flexibility index (Phi) is 4.98. The number of aromatic nitrogens is 1. The number of benzene rings is 2. The molecule has 156 valence electrons. The predicted molar refractivity (Wildman–Crippen MR) is 116 cm³/mol. The zero-order valence-electron chi connectivity index (χ0n) is 17.3. The van der Waals surface area contributed by atoms with Crippen molar-refractivity contribution in [2.45, 2.75) is 25.9 Å². The number of hydrogen-bond donors (Lipinski definition) is 0. The number of carbonyl (C=O) groups excluding carboxylic acids is 1. The minimum atomic E-state index is -0.245. The molecule has 2 aromatic carbocycles. The molecule has 6 heteroatoms. The van der Waals surface area contributed by atoms with Crippen LogP contribution in [0.5, 0.6) is 5.88 Å². The zero-order chi connectivity index (χ0) is 21.4. The molecule has 1 amide bonds. The van der Waals surface area contributed by atoms with Crippen molar-refractivity contribution < 1.29 is 13.9 Å². The fourth-order valence-electron chi connectivity index (χ4n) is 4.23. The summed E-state index contributed by atoms with van der Waals surface area (Å²) in [7, 11) is 1.60. The van der Waals surface area contributed by atoms with Crippen LogP contribution in [0.2, 0.25) is 0 Å². The van der Waals surface area contributed by atoms with Gasteiger partial charge in [-0.05, 0) is 52.9 Å². The lowest BCUT2D eigenvalue weighted by atomic mass is 9.91. The van der Waals surface area contributed by atoms with Crippen molar-refractivity contribution in [3.63, 3.8) is 0 Å². The highest BCUT2D eigenvalue weighted by atomic mass is 19.1. The Morgan fingerprint density at radius 3 is 2.65 bits per heavy atom. The highest BCUT2D eigenvalue weighted by molar-refractivity contribution is 6.15. The van der Waals surface area contributed by atoms with E-state index < -0.39 is 0 Å². The number of rotatable bonds is 5. The number of methoxy groups -OCH3 is 1. The lowest BCUT2D eigenvalue weighted by molar-refractivity contribution is -0.131. The molecule has 3 heterocycles. The average molecular weight is 415 g/mol. The zero-order valence-corrected chi connectivity index (χ0v) is 17.3. The van der Waals surface area contributed by atoms with E-state index in [1.807, 2.05) is 17.0 Å². The van der Waals surface area contributed by atoms with Crippen molar-refractivity contribution in [3.8, 4) is 5.88 Å². The van der Waals surface area contributed by atoms with Crippen LogP contribution in [0.3, 0.4) is 0 Å². The molecule has 0 fully saturated rings. The highest BCUT2D eigenvalue weighted by Crippen LogP contribution is 2.30. The number of ether oxygens (including phenoxy) is 1. The number of hydrogen-bond acceptors (Lipinski definition) is 4. The summed E-state index contributed by atoms with van der Waals surface area (Å²) in [5.41, 5.74) is 7.42. The van der Waals surface area contributed by atoms with E-state index in [1.165, 1.54) is 12.1 Å². The minimum Gasteiger partial charge on any atom is -0.481 e. The van der Waals surface area contributed by atoms with Crippen molar-refractivity contribution in [2.75, 3.05) is 13.7 Å². The van der Waals surface area contributed by atoms with Gasteiger partial charge in [0.2, 0.25) is 11.8 Å². The van der Waals surface area contributed by atoms with Gasteiger partial charge in [-0.2, -0.15) is 0 Å². The Labute approximate surface area is 180 Å². The minimum absolute atomic E-state index is 0.132. The maximum Gasteiger partial charge on any atom is 0.227 e. The Bertz CT molecular complexity index is 1170. The van der Waals surface area contributed by atoms with Gasteiger partial charge in [0.05, 0.1) is 25.8 Å². The number of carbonyl (C=O) groups is 1. The topological polar surface area (TPSA) is 54.8 Å². The van der Waals surface area contributed by atoms with E-state index >= 15 is 0 Å². The number of pyridine rings is 1. The van der Waals surface area contributed by atoms with Gasteiger partial charge < -0.3 is 9.64 Å². The summed E-state index contributed by atoms with van der Waals surface area (Å²) in [5, 5.41) is 0. The third-order valence-electron chi connectivity index (χ3n) is 5.95. The molecule has 0 N–H and O–H groups in total. The van der Waals surface area contributed by atoms with E-state index in [2.05, 4.69) is 17.1 Å². The molecular weight excluding hydrogens is 393 g/mol. The maximum atomic E-state index is 13.1. The van der Waals surface area contributed by atoms with Gasteiger partial charge in [-0.1, -0.05) is 18.2 Å². The third-order valence-corrected chi connectivity index (χ3v) is 5.95. The van der Waals surface area contributed by atoms with Crippen LogP contribution in [0.4, 0.5) is 4.39 Å². The van der Waals surface area contributed by atoms with E-state index in [0.717, 1.165) is 39.1 Å². The molecule has 3 aromatic rings. The fraction of sp³-hybridized carbons (Fsp3) is 0.240. The van der Waals surface area contributed by atoms with Gasteiger partial charge in [0.1, 0.15) is 5.82 Å². The maximum absolute atomic E-state index is 13.1. The van der Waals surface area contributed by atoms with E-state index in [-0.39, 0.29) is 11.7 Å². The molecular formula is C25H22FN3O2. The first-order valence-electron chi connectivity index (χ1n) is 10.3. The molecule has 2 aliphatic heterocycles. The molecule has 0 saturated carbocycles. The summed E-state index contributed by atoms with van der Waals surface area (Å²) in [4.78, 5) is 23.6. The van der Waals surface area contributed by atoms with Crippen LogP contribution in [0.1, 0.15) is 33.4 Å². The van der Waals surface area contributed by atoms with Crippen molar-refractivity contribution in [2.24, 2.45) is 4.99 Å². The molecule has 0 bridgehead atoms. The van der Waals surface area contributed by atoms with Crippen LogP contribution in [-0.2, 0) is 30.7 Å². The summed E-state index contributed by atoms with van der Waals surface area (Å²) >= 11 is 0. The third kappa shape index (κ3) is 3.81. The highest BCUT2D eigenvalue weighted by Gasteiger charge is 2.27. The monoisotopic (exact) mass is 415 g/mol. The fourth-order valence-corrected chi connectivity index (χ4v) is 4.23. The van der Waals surface area contributed by atoms with Gasteiger partial charge in [0.15, 0.2) is 0 Å². The van der Waals surface area contributed by atoms with Gasteiger partial charge in [0.25, 0.3) is 0 Å². The quantitative estimate of drug-likeness (QED) is 0.638. The normalized spacial score (nSPS) is 14.8. The number of amides is 1. The predicted octanol–water partition coefficient (Wildman–Crippen LogP) is 3.71. The lowest BCUT2D eigenvalue weighted by Crippen LogP contribution is -2.37. The first kappa shape index (κ1) is 19.4. The second kappa shape index (κ2) is 7.95. The SMILES string of the molecule is COc1ccc(C2=NCc3cc4c(cc32)CN(CCc2ccc(F)cc2)C(=O)C4)cn1. The summed E-state index contributed by atoms with van der Waals surface area (Å²) in [5.74, 6) is 0.460. The van der Waals surface area contributed by atoms with Crippen LogP contribution < -0.4 is 4.74 Å². The van der Waals surface area contributed by atoms with Crippen LogP contribution in [-0.4, -0.2) is 35.2 Å². The van der Waals surface area contributed by atoms with Crippen molar-refractivity contribution >= 4 is 11.6 Å². The Hall–Kier alpha value is -3.54. The Morgan fingerprint density at radius 1 is 1.06 bits per heavy atom. The summed E-state index contributed by atoms with van der Waals surface area (Å²) in [6.07, 6.45) is 2.90. The largest absolute Gasteiger partial charge is 0.481 e. The van der Waals surface area contributed by atoms with Gasteiger partial charge in [-0.15, -0.1) is 0 Å². The molecule has 5 rings (SSSR count). The van der Waals surface area contributed by atoms with Crippen molar-refractivity contribution in [1.29, 1.82) is 0 Å². The molecule has 0 unspecified atom stereocenters. The number of halogens is 1. The number of fused-ring (bicyclic) bond motifs is 2. The molecule has 0 aliphatic carbocycles. The molecule has 0 radical (unpaired) electrons. The first-order chi connectivity index (χ1) is 15.1. The first-order valence-corrected chi connectivity index (χ1v) is 10.3. The summed E-state index contributed by atoms with van der Waals surface area (Å²) in [6.45, 7) is 1.81. The molecule has 5 nitrogen and oxygen atoms in total. The second-order valence-electron chi connectivity index (χ2n) is 7.90. The summed E-state index contributed by atoms with van der Waals surface area (Å²) < 4.78 is 18.3. The molecule has 1 aromatic heterocycles. The molecule has 0 saturated heterocycles. The van der Waals surface area contributed by atoms with Crippen molar-refractivity contribution in [3.05, 3.63) is 93.9 Å². The Balaban J connectivity index is 1.36. The number of nitrogens with zero attached hydrogens (tertiary/aromatic N) is 3. The van der Waals surface area contributed by atoms with Gasteiger partial charge in [-0.25, -0.2) is 9.37 Å². The van der Waals surface area contributed by atoms with Gasteiger partial charge >= 0.3 is 0 Å². The van der Waals surface area contributed by atoms with Gasteiger partial charge in [-0.3, -0.25) is 9.79 Å². The molecule has 2 aliphatic rings. The average Bonchev–Trinajstić information content (AvgIpc) is 3.20. The van der Waals surface area contributed by atoms with E-state index in [9.17, 15) is 9.18 Å². The van der Waals surface area contributed by atoms with E-state index in [1.54, 1.807) is 25.4 Å². The van der Waals surface area contributed by atoms with E-state index in [4.69, 9.17) is 9.73 Å². The Morgan fingerprint density at radius 2 is 1.90 bits per heavy atom. The summed E-state index contributed by atoms with van der Waals surface area (Å²) in [6, 6.07) is 14.6. The lowest BCUT2D eigenvalue weighted by Gasteiger charge is -2.29. The number of aliphatic imine (C=N–C) groups is 1. The standard InChI is InChI=1S/C25H22FN3O2/c1-31-23-7-4-17(13-27-23)25-22-11-20-15-29(9-8-16-2-5-21(26)6-3-16)24(30)12-18(20)10-19(22)14-28-25/h2-7,10-11,13H,8-9,12,14-15H2,1H3. The van der Waals surface area contributed by atoms with Gasteiger partial charge in [0, 0.05) is 36.5 Å². The van der Waals surface area contributed by atoms with Crippen LogP contribution in [0, 0.1) is 5.82 Å². The van der Waals surface area contributed by atoms with Crippen LogP contribution >= 0.6 is 0 Å². The van der Waals surface area contributed by atoms with E-state index in [0.29, 0.717) is 38.4 Å². The van der Waals surface area contributed by atoms with Crippen LogP contribution in [0.25, 0.3) is 0 Å². The molecule has 0 spiro atoms. The smallest absolute Gasteiger partial charge is 0.227 e. The van der Waals surface area contributed by atoms with Crippen LogP contribution in [0.15, 0.2) is 59.7 Å². The molecule has 0 atom stereocenters. The second-order valence-corrected chi connectivity index (χ2v) is 7.90. The van der Waals surface area contributed by atoms with Crippen molar-refractivity contribution in [1.82, 2.24) is 9.88 Å². The molecule has 31 heavy (non-hydrogen) atoms.